The third kappa shape index (κ3) is 4.91. The molecule has 2 atom stereocenters. The molecule has 6 rings (SSSR count). The van der Waals surface area contributed by atoms with E-state index in [1.165, 1.54) is 15.2 Å². The summed E-state index contributed by atoms with van der Waals surface area (Å²) in [5.74, 6) is -3.00. The molecule has 4 aromatic heterocycles. The molecule has 0 bridgehead atoms. The summed E-state index contributed by atoms with van der Waals surface area (Å²) < 4.78 is 32.5. The highest BCUT2D eigenvalue weighted by Gasteiger charge is 2.35. The number of carbonyl (C=O) groups excluding carboxylic acids is 1. The molecule has 238 valence electrons. The van der Waals surface area contributed by atoms with Gasteiger partial charge in [0.05, 0.1) is 41.3 Å². The van der Waals surface area contributed by atoms with Gasteiger partial charge in [-0.1, -0.05) is 26.5 Å². The number of piperidine rings is 1. The van der Waals surface area contributed by atoms with E-state index in [9.17, 15) is 23.9 Å². The molecule has 0 radical (unpaired) electrons. The van der Waals surface area contributed by atoms with Crippen LogP contribution in [0, 0.1) is 19.7 Å². The summed E-state index contributed by atoms with van der Waals surface area (Å²) in [7, 11) is 0. The number of halogens is 2. The number of aliphatic hydroxyl groups is 1. The first-order valence-electron chi connectivity index (χ1n) is 15.0. The zero-order valence-electron chi connectivity index (χ0n) is 25.8. The Morgan fingerprint density at radius 1 is 1.17 bits per heavy atom. The lowest BCUT2D eigenvalue weighted by Gasteiger charge is -2.39. The predicted molar refractivity (Wildman–Crippen MR) is 169 cm³/mol. The van der Waals surface area contributed by atoms with Crippen LogP contribution in [0.15, 0.2) is 58.7 Å². The third-order valence-corrected chi connectivity index (χ3v) is 8.76. The molecular formula is C33H33F2N7O4. The number of hydrogen-bond acceptors (Lipinski definition) is 7. The number of carbonyl (C=O) groups is 1. The number of likely N-dealkylation sites (tertiary alicyclic amines) is 1. The number of nitrogens with zero attached hydrogens (tertiary/aromatic N) is 6. The molecule has 2 N–H and O–H groups in total. The van der Waals surface area contributed by atoms with Crippen LogP contribution in [0.3, 0.4) is 0 Å². The number of nitrogens with one attached hydrogen (secondary N) is 1. The lowest BCUT2D eigenvalue weighted by molar-refractivity contribution is -0.134. The number of aliphatic hydroxyl groups excluding tert-OH is 1. The number of rotatable bonds is 6. The van der Waals surface area contributed by atoms with Crippen molar-refractivity contribution < 1.29 is 18.7 Å². The molecule has 0 aliphatic carbocycles. The fourth-order valence-electron chi connectivity index (χ4n) is 6.55. The van der Waals surface area contributed by atoms with Crippen molar-refractivity contribution in [3.8, 4) is 16.9 Å². The summed E-state index contributed by atoms with van der Waals surface area (Å²) in [5, 5.41) is 17.7. The van der Waals surface area contributed by atoms with Crippen LogP contribution >= 0.6 is 0 Å². The first kappa shape index (κ1) is 31.0. The van der Waals surface area contributed by atoms with Gasteiger partial charge >= 0.3 is 11.1 Å². The minimum Gasteiger partial charge on any atom is -0.394 e. The van der Waals surface area contributed by atoms with Gasteiger partial charge in [-0.05, 0) is 55.9 Å². The summed E-state index contributed by atoms with van der Waals surface area (Å²) in [6, 6.07) is 4.96. The number of aromatic amines is 1. The average Bonchev–Trinajstić information content (AvgIpc) is 3.50. The molecule has 1 unspecified atom stereocenters. The van der Waals surface area contributed by atoms with Crippen molar-refractivity contribution >= 4 is 28.0 Å². The smallest absolute Gasteiger partial charge is 0.322 e. The number of fused-ring (bicyclic) bond motifs is 2. The van der Waals surface area contributed by atoms with Crippen molar-refractivity contribution in [2.24, 2.45) is 0 Å². The van der Waals surface area contributed by atoms with Crippen LogP contribution in [0.25, 0.3) is 39.0 Å². The van der Waals surface area contributed by atoms with Gasteiger partial charge in [-0.25, -0.2) is 13.8 Å². The second-order valence-electron chi connectivity index (χ2n) is 12.0. The van der Waals surface area contributed by atoms with E-state index in [-0.39, 0.29) is 42.2 Å². The largest absolute Gasteiger partial charge is 0.394 e. The Morgan fingerprint density at radius 2 is 1.93 bits per heavy atom. The van der Waals surface area contributed by atoms with Crippen molar-refractivity contribution in [2.45, 2.75) is 58.5 Å². The van der Waals surface area contributed by atoms with Crippen LogP contribution in [0.2, 0.25) is 0 Å². The Morgan fingerprint density at radius 3 is 2.63 bits per heavy atom. The maximum absolute atomic E-state index is 16.4. The van der Waals surface area contributed by atoms with Gasteiger partial charge in [-0.2, -0.15) is 5.10 Å². The van der Waals surface area contributed by atoms with Gasteiger partial charge < -0.3 is 10.0 Å². The van der Waals surface area contributed by atoms with E-state index in [4.69, 9.17) is 4.98 Å². The zero-order chi connectivity index (χ0) is 33.0. The first-order chi connectivity index (χ1) is 21.9. The van der Waals surface area contributed by atoms with Gasteiger partial charge in [0.15, 0.2) is 17.3 Å². The van der Waals surface area contributed by atoms with Crippen molar-refractivity contribution in [1.82, 2.24) is 34.2 Å². The van der Waals surface area contributed by atoms with Gasteiger partial charge in [-0.15, -0.1) is 0 Å². The molecule has 1 fully saturated rings. The molecule has 11 nitrogen and oxygen atoms in total. The van der Waals surface area contributed by atoms with E-state index in [0.717, 1.165) is 10.5 Å². The van der Waals surface area contributed by atoms with E-state index in [2.05, 4.69) is 21.8 Å². The van der Waals surface area contributed by atoms with Gasteiger partial charge in [0.2, 0.25) is 0 Å². The number of aryl methyl sites for hydroxylation is 2. The minimum atomic E-state index is -1.17. The van der Waals surface area contributed by atoms with E-state index in [0.29, 0.717) is 33.4 Å². The fourth-order valence-corrected chi connectivity index (χ4v) is 6.55. The number of H-pyrrole nitrogens is 1. The molecule has 1 aliphatic heterocycles. The molecule has 1 saturated heterocycles. The summed E-state index contributed by atoms with van der Waals surface area (Å²) in [6.45, 7) is 9.97. The van der Waals surface area contributed by atoms with Crippen LogP contribution in [0.5, 0.6) is 0 Å². The molecule has 1 amide bonds. The molecule has 13 heteroatoms. The highest BCUT2D eigenvalue weighted by molar-refractivity contribution is 5.96. The van der Waals surface area contributed by atoms with Crippen molar-refractivity contribution in [3.63, 3.8) is 0 Å². The third-order valence-electron chi connectivity index (χ3n) is 8.76. The van der Waals surface area contributed by atoms with E-state index in [1.54, 1.807) is 25.4 Å². The topological polar surface area (TPSA) is 139 Å². The zero-order valence-corrected chi connectivity index (χ0v) is 25.8. The van der Waals surface area contributed by atoms with Crippen LogP contribution in [-0.2, 0) is 4.79 Å². The molecule has 46 heavy (non-hydrogen) atoms. The molecule has 1 aliphatic rings. The van der Waals surface area contributed by atoms with E-state index in [1.807, 2.05) is 32.9 Å². The second-order valence-corrected chi connectivity index (χ2v) is 12.0. The number of hydrogen-bond donors (Lipinski definition) is 2. The van der Waals surface area contributed by atoms with Crippen LogP contribution in [0.1, 0.15) is 55.5 Å². The summed E-state index contributed by atoms with van der Waals surface area (Å²) in [6.07, 6.45) is 3.34. The van der Waals surface area contributed by atoms with Gasteiger partial charge in [-0.3, -0.25) is 33.6 Å². The fraction of sp³-hybridized carbons (Fsp3) is 0.333. The van der Waals surface area contributed by atoms with Gasteiger partial charge in [0, 0.05) is 35.8 Å². The normalized spacial score (nSPS) is 16.9. The van der Waals surface area contributed by atoms with Gasteiger partial charge in [0.25, 0.3) is 5.91 Å². The highest BCUT2D eigenvalue weighted by Crippen LogP contribution is 2.36. The van der Waals surface area contributed by atoms with E-state index >= 15 is 4.39 Å². The number of aromatic nitrogens is 6. The van der Waals surface area contributed by atoms with Crippen LogP contribution in [0.4, 0.5) is 8.78 Å². The summed E-state index contributed by atoms with van der Waals surface area (Å²) in [5.41, 5.74) is 1.70. The van der Waals surface area contributed by atoms with E-state index < -0.39 is 47.4 Å². The van der Waals surface area contributed by atoms with Crippen molar-refractivity contribution in [2.75, 3.05) is 13.2 Å². The van der Waals surface area contributed by atoms with Gasteiger partial charge in [0.1, 0.15) is 5.69 Å². The maximum atomic E-state index is 16.4. The number of pyridine rings is 2. The molecular weight excluding hydrogens is 596 g/mol. The van der Waals surface area contributed by atoms with Crippen LogP contribution in [-0.4, -0.2) is 64.4 Å². The Balaban J connectivity index is 1.68. The van der Waals surface area contributed by atoms with Crippen molar-refractivity contribution in [1.29, 1.82) is 0 Å². The quantitative estimate of drug-likeness (QED) is 0.210. The Hall–Kier alpha value is -5.04. The molecule has 5 aromatic rings. The standard InChI is InChI=1S/C33H33F2N7O4/c1-16(2)27-29(18(4)8-10-36-27)42-30-25(13-23(35)28(38-30)26-17(3)6-7-24-22(26)14-37-39-24)41(32(45)33(42)46)20-9-11-40(21(12-20)15-43)31(44)19(5)34/h6-8,10,13-14,16,20-21,43H,5,9,11-12,15H2,1-4H3,(H,37,39)/t20?,21-/m0/s1. The average molecular weight is 630 g/mol. The monoisotopic (exact) mass is 629 g/mol. The minimum absolute atomic E-state index is 0.00789. The Labute approximate surface area is 261 Å². The Kier molecular flexibility index (Phi) is 7.88. The molecule has 1 aromatic carbocycles. The lowest BCUT2D eigenvalue weighted by atomic mass is 9.96. The van der Waals surface area contributed by atoms with Crippen molar-refractivity contribution in [3.05, 3.63) is 92.4 Å². The lowest BCUT2D eigenvalue weighted by Crippen LogP contribution is -2.51. The maximum Gasteiger partial charge on any atom is 0.322 e. The summed E-state index contributed by atoms with van der Waals surface area (Å²) in [4.78, 5) is 51.2. The molecule has 5 heterocycles. The van der Waals surface area contributed by atoms with Crippen LogP contribution < -0.4 is 11.1 Å². The predicted octanol–water partition coefficient (Wildman–Crippen LogP) is 4.37. The first-order valence-corrected chi connectivity index (χ1v) is 15.0. The second kappa shape index (κ2) is 11.7. The Bertz CT molecular complexity index is 2170. The summed E-state index contributed by atoms with van der Waals surface area (Å²) >= 11 is 0. The number of amides is 1. The number of benzene rings is 1. The highest BCUT2D eigenvalue weighted by atomic mass is 19.1. The molecule has 0 saturated carbocycles. The molecule has 0 spiro atoms. The SMILES string of the molecule is C=C(F)C(=O)N1CCC(n2c(=O)c(=O)n(-c3c(C)ccnc3C(C)C)c3nc(-c4c(C)ccc5[nH]ncc45)c(F)cc32)C[C@H]1CO.